The fourth-order valence-corrected chi connectivity index (χ4v) is 3.79. The molecule has 0 saturated carbocycles. The van der Waals surface area contributed by atoms with Crippen molar-refractivity contribution in [1.82, 2.24) is 4.31 Å². The molecule has 0 aliphatic carbocycles. The highest BCUT2D eigenvalue weighted by Crippen LogP contribution is 2.33. The topological polar surface area (TPSA) is 37.4 Å². The first kappa shape index (κ1) is 23.3. The monoisotopic (exact) mass is 371 g/mol. The molecule has 0 bridgehead atoms. The second-order valence-electron chi connectivity index (χ2n) is 6.16. The molecule has 0 radical (unpaired) electrons. The van der Waals surface area contributed by atoms with E-state index in [1.807, 2.05) is 6.92 Å². The number of rotatable bonds is 12. The third-order valence-electron chi connectivity index (χ3n) is 3.98. The van der Waals surface area contributed by atoms with Crippen LogP contribution < -0.4 is 0 Å². The molecule has 3 nitrogen and oxygen atoms in total. The molecular weight excluding hydrogens is 339 g/mol. The molecule has 0 amide bonds. The van der Waals surface area contributed by atoms with Crippen LogP contribution >= 0.6 is 0 Å². The van der Waals surface area contributed by atoms with Crippen LogP contribution in [0.3, 0.4) is 0 Å². The van der Waals surface area contributed by atoms with Crippen molar-refractivity contribution in [3.05, 3.63) is 11.3 Å². The first-order chi connectivity index (χ1) is 11.1. The summed E-state index contributed by atoms with van der Waals surface area (Å²) in [7, 11) is -5.34. The lowest BCUT2D eigenvalue weighted by Gasteiger charge is -2.29. The van der Waals surface area contributed by atoms with Gasteiger partial charge in [-0.1, -0.05) is 52.0 Å². The highest BCUT2D eigenvalue weighted by Gasteiger charge is 2.50. The van der Waals surface area contributed by atoms with E-state index in [1.165, 1.54) is 0 Å². The van der Waals surface area contributed by atoms with Crippen LogP contribution in [-0.2, 0) is 10.0 Å². The van der Waals surface area contributed by atoms with Gasteiger partial charge in [-0.25, -0.2) is 0 Å². The SMILES string of the molecule is CCCCCC/C(=C(\C)CCCC)N(CCC)S(=O)(=O)C(F)(F)F. The first-order valence-electron chi connectivity index (χ1n) is 8.91. The quantitative estimate of drug-likeness (QED) is 0.396. The Morgan fingerprint density at radius 2 is 1.46 bits per heavy atom. The van der Waals surface area contributed by atoms with Crippen molar-refractivity contribution < 1.29 is 21.6 Å². The highest BCUT2D eigenvalue weighted by atomic mass is 32.2. The molecule has 0 rings (SSSR count). The smallest absolute Gasteiger partial charge is 0.267 e. The number of hydrogen-bond acceptors (Lipinski definition) is 2. The molecule has 144 valence electrons. The Morgan fingerprint density at radius 1 is 0.875 bits per heavy atom. The summed E-state index contributed by atoms with van der Waals surface area (Å²) in [5, 5.41) is 0. The number of hydrogen-bond donors (Lipinski definition) is 0. The molecule has 0 N–H and O–H groups in total. The summed E-state index contributed by atoms with van der Waals surface area (Å²) in [5.74, 6) is 0. The van der Waals surface area contributed by atoms with Gasteiger partial charge in [-0.3, -0.25) is 4.31 Å². The van der Waals surface area contributed by atoms with E-state index in [4.69, 9.17) is 0 Å². The number of halogens is 3. The molecule has 0 unspecified atom stereocenters. The lowest BCUT2D eigenvalue weighted by Crippen LogP contribution is -2.41. The summed E-state index contributed by atoms with van der Waals surface area (Å²) in [6, 6.07) is 0. The van der Waals surface area contributed by atoms with Gasteiger partial charge >= 0.3 is 15.5 Å². The molecule has 0 aromatic carbocycles. The molecule has 24 heavy (non-hydrogen) atoms. The zero-order chi connectivity index (χ0) is 18.8. The van der Waals surface area contributed by atoms with E-state index in [0.29, 0.717) is 35.7 Å². The Bertz CT molecular complexity index is 485. The average molecular weight is 372 g/mol. The fraction of sp³-hybridized carbons (Fsp3) is 0.882. The third kappa shape index (κ3) is 7.03. The van der Waals surface area contributed by atoms with Gasteiger partial charge in [0, 0.05) is 12.2 Å². The van der Waals surface area contributed by atoms with Gasteiger partial charge in [0.25, 0.3) is 0 Å². The van der Waals surface area contributed by atoms with Gasteiger partial charge in [0.15, 0.2) is 0 Å². The van der Waals surface area contributed by atoms with E-state index in [9.17, 15) is 21.6 Å². The molecule has 0 spiro atoms. The number of unbranched alkanes of at least 4 members (excludes halogenated alkanes) is 4. The summed E-state index contributed by atoms with van der Waals surface area (Å²) < 4.78 is 63.9. The summed E-state index contributed by atoms with van der Waals surface area (Å²) >= 11 is 0. The maximum absolute atomic E-state index is 13.1. The summed E-state index contributed by atoms with van der Waals surface area (Å²) in [4.78, 5) is 0. The third-order valence-corrected chi connectivity index (χ3v) is 5.54. The van der Waals surface area contributed by atoms with Crippen molar-refractivity contribution in [2.45, 2.75) is 91.0 Å². The van der Waals surface area contributed by atoms with Crippen LogP contribution in [0.15, 0.2) is 11.3 Å². The minimum absolute atomic E-state index is 0.131. The molecular formula is C17H32F3NO2S. The van der Waals surface area contributed by atoms with Gasteiger partial charge in [0.1, 0.15) is 0 Å². The highest BCUT2D eigenvalue weighted by molar-refractivity contribution is 7.90. The molecule has 0 heterocycles. The van der Waals surface area contributed by atoms with E-state index in [0.717, 1.165) is 37.7 Å². The van der Waals surface area contributed by atoms with Crippen molar-refractivity contribution in [3.63, 3.8) is 0 Å². The van der Waals surface area contributed by atoms with Crippen LogP contribution in [0.2, 0.25) is 0 Å². The molecule has 0 aromatic rings. The zero-order valence-corrected chi connectivity index (χ0v) is 16.2. The van der Waals surface area contributed by atoms with Crippen molar-refractivity contribution in [2.75, 3.05) is 6.54 Å². The zero-order valence-electron chi connectivity index (χ0n) is 15.4. The molecule has 0 atom stereocenters. The van der Waals surface area contributed by atoms with E-state index < -0.39 is 15.5 Å². The normalized spacial score (nSPS) is 13.8. The summed E-state index contributed by atoms with van der Waals surface area (Å²) in [5.41, 5.74) is -4.16. The molecule has 0 aliphatic heterocycles. The molecule has 0 aliphatic rings. The van der Waals surface area contributed by atoms with Crippen LogP contribution in [0, 0.1) is 0 Å². The van der Waals surface area contributed by atoms with E-state index in [2.05, 4.69) is 6.92 Å². The summed E-state index contributed by atoms with van der Waals surface area (Å²) in [6.07, 6.45) is 6.74. The van der Waals surface area contributed by atoms with Crippen molar-refractivity contribution in [2.24, 2.45) is 0 Å². The van der Waals surface area contributed by atoms with E-state index >= 15 is 0 Å². The fourth-order valence-electron chi connectivity index (χ4n) is 2.58. The second kappa shape index (κ2) is 11.0. The van der Waals surface area contributed by atoms with Gasteiger partial charge in [-0.05, 0) is 39.0 Å². The van der Waals surface area contributed by atoms with Crippen molar-refractivity contribution in [1.29, 1.82) is 0 Å². The van der Waals surface area contributed by atoms with Gasteiger partial charge < -0.3 is 0 Å². The average Bonchev–Trinajstić information content (AvgIpc) is 2.50. The predicted octanol–water partition coefficient (Wildman–Crippen LogP) is 5.98. The maximum Gasteiger partial charge on any atom is 0.516 e. The first-order valence-corrected chi connectivity index (χ1v) is 10.3. The Morgan fingerprint density at radius 3 is 1.92 bits per heavy atom. The lowest BCUT2D eigenvalue weighted by molar-refractivity contribution is -0.0481. The van der Waals surface area contributed by atoms with Crippen LogP contribution in [0.1, 0.15) is 85.5 Å². The minimum atomic E-state index is -5.34. The Labute approximate surface area is 145 Å². The van der Waals surface area contributed by atoms with Crippen LogP contribution in [-0.4, -0.2) is 24.8 Å². The Balaban J connectivity index is 5.66. The van der Waals surface area contributed by atoms with Gasteiger partial charge in [-0.2, -0.15) is 21.6 Å². The van der Waals surface area contributed by atoms with Crippen LogP contribution in [0.4, 0.5) is 13.2 Å². The Hall–Kier alpha value is -0.720. The molecule has 0 fully saturated rings. The van der Waals surface area contributed by atoms with Crippen LogP contribution in [0.25, 0.3) is 0 Å². The summed E-state index contributed by atoms with van der Waals surface area (Å²) in [6.45, 7) is 7.38. The molecule has 0 saturated heterocycles. The van der Waals surface area contributed by atoms with Crippen molar-refractivity contribution >= 4 is 10.0 Å². The lowest BCUT2D eigenvalue weighted by atomic mass is 10.0. The number of allylic oxidation sites excluding steroid dienone is 2. The Kier molecular flexibility index (Phi) is 10.7. The van der Waals surface area contributed by atoms with E-state index in [1.54, 1.807) is 13.8 Å². The number of nitrogens with zero attached hydrogens (tertiary/aromatic N) is 1. The standard InChI is InChI=1S/C17H32F3NO2S/c1-5-8-10-11-13-16(15(4)12-9-6-2)21(14-7-3)24(22,23)17(18,19)20/h5-14H2,1-4H3/b16-15-. The second-order valence-corrected chi connectivity index (χ2v) is 8.02. The van der Waals surface area contributed by atoms with Gasteiger partial charge in [-0.15, -0.1) is 0 Å². The number of alkyl halides is 3. The predicted molar refractivity (Wildman–Crippen MR) is 93.0 cm³/mol. The number of sulfonamides is 1. The molecule has 7 heteroatoms. The van der Waals surface area contributed by atoms with Gasteiger partial charge in [0.05, 0.1) is 0 Å². The minimum Gasteiger partial charge on any atom is -0.267 e. The van der Waals surface area contributed by atoms with Gasteiger partial charge in [0.2, 0.25) is 0 Å². The van der Waals surface area contributed by atoms with Crippen LogP contribution in [0.5, 0.6) is 0 Å². The van der Waals surface area contributed by atoms with Crippen molar-refractivity contribution in [3.8, 4) is 0 Å². The largest absolute Gasteiger partial charge is 0.516 e. The van der Waals surface area contributed by atoms with E-state index in [-0.39, 0.29) is 6.54 Å². The maximum atomic E-state index is 13.1. The molecule has 0 aromatic heterocycles.